The molecular weight excluding hydrogens is 351 g/mol. The molecule has 0 rings (SSSR count). The van der Waals surface area contributed by atoms with Crippen molar-refractivity contribution in [3.8, 4) is 0 Å². The molecule has 2 nitrogen and oxygen atoms in total. The van der Waals surface area contributed by atoms with Crippen molar-refractivity contribution in [2.45, 2.75) is 79.1 Å². The van der Waals surface area contributed by atoms with E-state index in [1.54, 1.807) is 11.4 Å². The topological polar surface area (TPSA) is 18.5 Å². The smallest absolute Gasteiger partial charge is 0.258 e. The molecule has 0 saturated heterocycles. The second-order valence-electron chi connectivity index (χ2n) is 5.95. The van der Waals surface area contributed by atoms with Crippen LogP contribution < -0.4 is 0 Å². The Labute approximate surface area is 153 Å². The van der Waals surface area contributed by atoms with Crippen LogP contribution in [0.2, 0.25) is 0 Å². The van der Waals surface area contributed by atoms with Gasteiger partial charge in [-0.2, -0.15) is 0 Å². The average Bonchev–Trinajstić information content (AvgIpc) is 2.55. The number of hydrogen-bond donors (Lipinski definition) is 1. The molecule has 0 aliphatic carbocycles. The Kier molecular flexibility index (Phi) is 15.4. The third kappa shape index (κ3) is 10.9. The summed E-state index contributed by atoms with van der Waals surface area (Å²) in [7, 11) is 0. The Morgan fingerprint density at radius 3 is 2.00 bits per heavy atom. The molecule has 0 aromatic rings. The Morgan fingerprint density at radius 1 is 1.00 bits per heavy atom. The summed E-state index contributed by atoms with van der Waals surface area (Å²) in [6, 6.07) is 0. The summed E-state index contributed by atoms with van der Waals surface area (Å²) in [5.74, 6) is 2.33. The van der Waals surface area contributed by atoms with Gasteiger partial charge in [0.1, 0.15) is 0 Å². The summed E-state index contributed by atoms with van der Waals surface area (Å²) in [6.07, 6.45) is 9.86. The van der Waals surface area contributed by atoms with Crippen molar-refractivity contribution in [1.82, 2.24) is 0 Å². The highest BCUT2D eigenvalue weighted by atomic mass is 32.9. The van der Waals surface area contributed by atoms with Crippen molar-refractivity contribution >= 4 is 41.8 Å². The van der Waals surface area contributed by atoms with Gasteiger partial charge in [-0.25, -0.2) is 0 Å². The first-order valence-corrected chi connectivity index (χ1v) is 13.4. The molecule has 0 fully saturated rings. The van der Waals surface area contributed by atoms with E-state index < -0.39 is 5.69 Å². The van der Waals surface area contributed by atoms with Crippen LogP contribution in [0, 0.1) is 11.8 Å². The highest BCUT2D eigenvalue weighted by molar-refractivity contribution is 8.68. The minimum Gasteiger partial charge on any atom is -0.321 e. The van der Waals surface area contributed by atoms with E-state index in [4.69, 9.17) is 20.3 Å². The van der Waals surface area contributed by atoms with Crippen LogP contribution in [0.25, 0.3) is 0 Å². The van der Waals surface area contributed by atoms with Crippen molar-refractivity contribution in [3.05, 3.63) is 0 Å². The summed E-state index contributed by atoms with van der Waals surface area (Å²) in [5, 5.41) is 0. The second kappa shape index (κ2) is 14.6. The van der Waals surface area contributed by atoms with Gasteiger partial charge in [0, 0.05) is 5.75 Å². The lowest BCUT2D eigenvalue weighted by Crippen LogP contribution is -2.08. The fourth-order valence-electron chi connectivity index (χ4n) is 2.27. The van der Waals surface area contributed by atoms with E-state index in [0.29, 0.717) is 18.4 Å². The lowest BCUT2D eigenvalue weighted by atomic mass is 10.0. The summed E-state index contributed by atoms with van der Waals surface area (Å²) in [5.41, 5.74) is -2.28. The van der Waals surface area contributed by atoms with Gasteiger partial charge in [0.05, 0.1) is 6.61 Å². The first-order chi connectivity index (χ1) is 10.5. The molecule has 0 heterocycles. The first-order valence-electron chi connectivity index (χ1n) is 8.77. The summed E-state index contributed by atoms with van der Waals surface area (Å²) >= 11 is 11.3. The molecule has 0 aliphatic rings. The molecule has 0 radical (unpaired) electrons. The van der Waals surface area contributed by atoms with Gasteiger partial charge < -0.3 is 4.52 Å². The van der Waals surface area contributed by atoms with Crippen LogP contribution in [-0.4, -0.2) is 12.4 Å². The zero-order chi connectivity index (χ0) is 16.8. The normalized spacial score (nSPS) is 17.1. The molecule has 0 saturated carbocycles. The van der Waals surface area contributed by atoms with Gasteiger partial charge in [0.2, 0.25) is 0 Å². The van der Waals surface area contributed by atoms with E-state index in [9.17, 15) is 0 Å². The molecule has 134 valence electrons. The van der Waals surface area contributed by atoms with Gasteiger partial charge >= 0.3 is 0 Å². The molecule has 6 heteroatoms. The van der Waals surface area contributed by atoms with Gasteiger partial charge in [0.15, 0.2) is 0 Å². The third-order valence-electron chi connectivity index (χ3n) is 4.12. The lowest BCUT2D eigenvalue weighted by Gasteiger charge is -2.24. The maximum absolute atomic E-state index is 6.02. The monoisotopic (exact) mass is 386 g/mol. The highest BCUT2D eigenvalue weighted by Gasteiger charge is 2.23. The van der Waals surface area contributed by atoms with E-state index in [2.05, 4.69) is 40.6 Å². The van der Waals surface area contributed by atoms with Crippen molar-refractivity contribution < 1.29 is 8.49 Å². The van der Waals surface area contributed by atoms with Crippen molar-refractivity contribution in [2.75, 3.05) is 12.4 Å². The van der Waals surface area contributed by atoms with Gasteiger partial charge in [0.25, 0.3) is 5.69 Å². The van der Waals surface area contributed by atoms with E-state index in [1.807, 2.05) is 0 Å². The fraction of sp³-hybridized carbons (Fsp3) is 1.00. The predicted octanol–water partition coefficient (Wildman–Crippen LogP) is 7.25. The molecule has 3 unspecified atom stereocenters. The van der Waals surface area contributed by atoms with Crippen molar-refractivity contribution in [1.29, 1.82) is 0 Å². The van der Waals surface area contributed by atoms with Crippen molar-refractivity contribution in [2.24, 2.45) is 11.8 Å². The highest BCUT2D eigenvalue weighted by Crippen LogP contribution is 2.62. The van der Waals surface area contributed by atoms with Gasteiger partial charge in [-0.3, -0.25) is 3.97 Å². The molecule has 0 amide bonds. The first kappa shape index (κ1) is 23.3. The van der Waals surface area contributed by atoms with Gasteiger partial charge in [-0.05, 0) is 49.4 Å². The summed E-state index contributed by atoms with van der Waals surface area (Å²) in [6.45, 7) is 9.66. The molecule has 0 spiro atoms. The Morgan fingerprint density at radius 2 is 1.55 bits per heavy atom. The number of hydrogen-bond acceptors (Lipinski definition) is 5. The molecule has 0 N–H and O–H groups in total. The molecule has 0 aromatic heterocycles. The SMILES string of the molecule is CCCCC(CC)COP(=S)(OS)SCC(CC)CCCC. The lowest BCUT2D eigenvalue weighted by molar-refractivity contribution is 0.243. The maximum atomic E-state index is 6.02. The fourth-order valence-corrected chi connectivity index (χ4v) is 6.66. The van der Waals surface area contributed by atoms with Gasteiger partial charge in [-0.15, -0.1) is 0 Å². The number of rotatable bonds is 15. The van der Waals surface area contributed by atoms with Crippen LogP contribution in [0.4, 0.5) is 0 Å². The summed E-state index contributed by atoms with van der Waals surface area (Å²) in [4.78, 5) is 0. The molecule has 0 aliphatic heterocycles. The van der Waals surface area contributed by atoms with E-state index in [-0.39, 0.29) is 0 Å². The number of thiol groups is 1. The maximum Gasteiger partial charge on any atom is 0.258 e. The molecule has 0 aromatic carbocycles. The largest absolute Gasteiger partial charge is 0.321 e. The molecule has 3 atom stereocenters. The van der Waals surface area contributed by atoms with E-state index in [0.717, 1.165) is 12.2 Å². The van der Waals surface area contributed by atoms with Crippen molar-refractivity contribution in [3.63, 3.8) is 0 Å². The van der Waals surface area contributed by atoms with Crippen LogP contribution in [0.5, 0.6) is 0 Å². The van der Waals surface area contributed by atoms with E-state index >= 15 is 0 Å². The predicted molar refractivity (Wildman–Crippen MR) is 109 cm³/mol. The minimum absolute atomic E-state index is 0.591. The Bertz CT molecular complexity index is 279. The molecule has 0 bridgehead atoms. The Balaban J connectivity index is 4.29. The quantitative estimate of drug-likeness (QED) is 0.181. The van der Waals surface area contributed by atoms with E-state index in [1.165, 1.54) is 44.9 Å². The molecule has 22 heavy (non-hydrogen) atoms. The van der Waals surface area contributed by atoms with Crippen LogP contribution in [0.3, 0.4) is 0 Å². The summed E-state index contributed by atoms with van der Waals surface area (Å²) < 4.78 is 11.3. The van der Waals surface area contributed by atoms with Crippen LogP contribution in [-0.2, 0) is 20.3 Å². The van der Waals surface area contributed by atoms with Crippen LogP contribution >= 0.6 is 30.0 Å². The second-order valence-corrected chi connectivity index (χ2v) is 12.7. The third-order valence-corrected chi connectivity index (χ3v) is 10.5. The van der Waals surface area contributed by atoms with Gasteiger partial charge in [-0.1, -0.05) is 77.6 Å². The molecular formula is C16H35O2PS3. The van der Waals surface area contributed by atoms with Crippen LogP contribution in [0.15, 0.2) is 0 Å². The zero-order valence-electron chi connectivity index (χ0n) is 14.8. The zero-order valence-corrected chi connectivity index (χ0v) is 18.2. The number of unbranched alkanes of at least 4 members (excludes halogenated alkanes) is 2. The standard InChI is InChI=1S/C16H35O2PS3/c1-5-9-11-15(7-3)13-17-19(21,18-20)22-14-16(8-4)12-10-6-2/h15-16,20H,5-14H2,1-4H3. The minimum atomic E-state index is -2.28. The van der Waals surface area contributed by atoms with Crippen LogP contribution in [0.1, 0.15) is 79.1 Å². The Hall–Kier alpha value is 1.27. The average molecular weight is 387 g/mol.